The summed E-state index contributed by atoms with van der Waals surface area (Å²) in [5, 5.41) is 7.94. The zero-order valence-electron chi connectivity index (χ0n) is 17.4. The largest absolute Gasteiger partial charge is 4.00 e. The van der Waals surface area contributed by atoms with E-state index in [1.807, 2.05) is 79.7 Å². The third kappa shape index (κ3) is 23.4. The maximum absolute atomic E-state index is 4.11. The Hall–Kier alpha value is -0.650. The average Bonchev–Trinajstić information content (AvgIpc) is 3.10. The van der Waals surface area contributed by atoms with Gasteiger partial charge in [0.15, 0.2) is 0 Å². The number of nitrogens with zero attached hydrogens (tertiary/aromatic N) is 4. The molecule has 0 radical (unpaired) electrons. The van der Waals surface area contributed by atoms with Crippen molar-refractivity contribution < 1.29 is 25.8 Å². The molecule has 2 aromatic rings. The van der Waals surface area contributed by atoms with E-state index in [4.69, 9.17) is 0 Å². The van der Waals surface area contributed by atoms with E-state index in [2.05, 4.69) is 20.6 Å². The van der Waals surface area contributed by atoms with Crippen LogP contribution >= 0.6 is 0 Å². The maximum Gasteiger partial charge on any atom is 4.00 e. The Morgan fingerprint density at radius 2 is 1.00 bits per heavy atom. The summed E-state index contributed by atoms with van der Waals surface area (Å²) in [6.45, 7) is 20.0. The summed E-state index contributed by atoms with van der Waals surface area (Å²) in [4.78, 5) is 8.22. The summed E-state index contributed by atoms with van der Waals surface area (Å²) in [6.07, 6.45) is 0. The van der Waals surface area contributed by atoms with Crippen LogP contribution in [-0.2, 0) is 25.8 Å². The van der Waals surface area contributed by atoms with Gasteiger partial charge in [0.25, 0.3) is 0 Å². The fraction of sp³-hybridized carbons (Fsp3) is 0.600. The first-order valence-electron chi connectivity index (χ1n) is 8.81. The predicted molar refractivity (Wildman–Crippen MR) is 107 cm³/mol. The Bertz CT molecular complexity index is 396. The smallest absolute Gasteiger partial charge is 0.663 e. The van der Waals surface area contributed by atoms with Crippen molar-refractivity contribution in [1.29, 1.82) is 0 Å². The van der Waals surface area contributed by atoms with Gasteiger partial charge in [-0.1, -0.05) is 66.8 Å². The predicted octanol–water partition coefficient (Wildman–Crippen LogP) is 5.63. The normalized spacial score (nSPS) is 8.64. The fourth-order valence-electron chi connectivity index (χ4n) is 1.64. The van der Waals surface area contributed by atoms with Crippen LogP contribution in [0.5, 0.6) is 0 Å². The van der Waals surface area contributed by atoms with Crippen molar-refractivity contribution >= 4 is 0 Å². The summed E-state index contributed by atoms with van der Waals surface area (Å²) >= 11 is 0. The third-order valence-electron chi connectivity index (χ3n) is 2.73. The molecule has 0 aliphatic heterocycles. The van der Waals surface area contributed by atoms with Gasteiger partial charge >= 0.3 is 25.8 Å². The molecule has 0 N–H and O–H groups in total. The third-order valence-corrected chi connectivity index (χ3v) is 2.73. The molecule has 0 fully saturated rings. The summed E-state index contributed by atoms with van der Waals surface area (Å²) in [5.41, 5.74) is 4.44. The summed E-state index contributed by atoms with van der Waals surface area (Å²) in [7, 11) is 0. The molecule has 0 atom stereocenters. The van der Waals surface area contributed by atoms with E-state index >= 15 is 0 Å². The first-order chi connectivity index (χ1) is 11.4. The second-order valence-electron chi connectivity index (χ2n) is 5.17. The van der Waals surface area contributed by atoms with E-state index in [-0.39, 0.29) is 25.8 Å². The van der Waals surface area contributed by atoms with Crippen molar-refractivity contribution in [2.45, 2.75) is 55.4 Å². The van der Waals surface area contributed by atoms with Gasteiger partial charge in [0, 0.05) is 0 Å². The van der Waals surface area contributed by atoms with Crippen LogP contribution in [0.25, 0.3) is 10.6 Å². The summed E-state index contributed by atoms with van der Waals surface area (Å²) in [6, 6.07) is 8.04. The van der Waals surface area contributed by atoms with Gasteiger partial charge in [-0.3, -0.25) is 0 Å². The molecule has 0 saturated carbocycles. The standard InChI is InChI=1S/2C6H8N.2C4H10N.Hf/c2*1-5-3-4-6(2)7-5;2*1-3-5-4-2;/h2*3-4H,1-2H3;2*3-4H2,1-2H3;/q4*-1;+4. The van der Waals surface area contributed by atoms with Crippen LogP contribution in [0.2, 0.25) is 0 Å². The Morgan fingerprint density at radius 1 is 0.720 bits per heavy atom. The number of rotatable bonds is 4. The molecular weight excluding hydrogens is 475 g/mol. The number of aryl methyl sites for hydroxylation is 4. The molecule has 25 heavy (non-hydrogen) atoms. The zero-order chi connectivity index (χ0) is 18.8. The van der Waals surface area contributed by atoms with Crippen molar-refractivity contribution in [3.8, 4) is 0 Å². The van der Waals surface area contributed by atoms with Gasteiger partial charge in [0.2, 0.25) is 0 Å². The molecule has 4 nitrogen and oxygen atoms in total. The van der Waals surface area contributed by atoms with E-state index in [0.29, 0.717) is 0 Å². The van der Waals surface area contributed by atoms with Gasteiger partial charge in [0.05, 0.1) is 0 Å². The number of hydrogen-bond donors (Lipinski definition) is 0. The van der Waals surface area contributed by atoms with E-state index in [1.54, 1.807) is 0 Å². The van der Waals surface area contributed by atoms with Crippen LogP contribution in [0.15, 0.2) is 24.3 Å². The van der Waals surface area contributed by atoms with Crippen molar-refractivity contribution in [3.63, 3.8) is 0 Å². The molecule has 0 bridgehead atoms. The second kappa shape index (κ2) is 21.4. The molecule has 2 aromatic heterocycles. The van der Waals surface area contributed by atoms with Crippen LogP contribution < -0.4 is 0 Å². The minimum Gasteiger partial charge on any atom is -0.663 e. The SMILES string of the molecule is CC[N-]CC.CC[N-]CC.Cc1cc[c-](C)n1.Cc1cc[c-](C)n1.[Hf+4]. The van der Waals surface area contributed by atoms with E-state index < -0.39 is 0 Å². The van der Waals surface area contributed by atoms with E-state index in [1.165, 1.54) is 0 Å². The first-order valence-corrected chi connectivity index (χ1v) is 8.81. The summed E-state index contributed by atoms with van der Waals surface area (Å²) < 4.78 is 0. The number of aromatic nitrogens is 2. The van der Waals surface area contributed by atoms with Gasteiger partial charge in [-0.25, -0.2) is 0 Å². The van der Waals surface area contributed by atoms with E-state index in [0.717, 1.165) is 49.0 Å². The van der Waals surface area contributed by atoms with Crippen molar-refractivity contribution in [2.24, 2.45) is 0 Å². The molecule has 2 rings (SSSR count). The van der Waals surface area contributed by atoms with Crippen LogP contribution in [0.4, 0.5) is 0 Å². The fourth-order valence-corrected chi connectivity index (χ4v) is 1.64. The Kier molecular flexibility index (Phi) is 24.9. The molecule has 2 heterocycles. The molecular formula is C20H36HfN4. The Balaban J connectivity index is -0.000000259. The average molecular weight is 511 g/mol. The monoisotopic (exact) mass is 512 g/mol. The quantitative estimate of drug-likeness (QED) is 0.395. The molecule has 0 aromatic carbocycles. The van der Waals surface area contributed by atoms with Crippen LogP contribution in [0.3, 0.4) is 0 Å². The van der Waals surface area contributed by atoms with Gasteiger partial charge in [-0.05, 0) is 0 Å². The molecule has 0 aliphatic carbocycles. The topological polar surface area (TPSA) is 54.0 Å². The van der Waals surface area contributed by atoms with Crippen molar-refractivity contribution in [2.75, 3.05) is 26.2 Å². The number of hydrogen-bond acceptors (Lipinski definition) is 2. The zero-order valence-corrected chi connectivity index (χ0v) is 21.0. The van der Waals surface area contributed by atoms with Gasteiger partial charge in [-0.15, -0.1) is 11.4 Å². The molecule has 0 spiro atoms. The van der Waals surface area contributed by atoms with Crippen LogP contribution in [-0.4, -0.2) is 36.1 Å². The van der Waals surface area contributed by atoms with Gasteiger partial charge in [-0.2, -0.15) is 50.4 Å². The van der Waals surface area contributed by atoms with Crippen molar-refractivity contribution in [3.05, 3.63) is 57.7 Å². The van der Waals surface area contributed by atoms with Gasteiger partial charge < -0.3 is 20.6 Å². The minimum atomic E-state index is 0. The first kappa shape index (κ1) is 29.1. The van der Waals surface area contributed by atoms with E-state index in [9.17, 15) is 0 Å². The maximum atomic E-state index is 4.11. The molecule has 5 heteroatoms. The van der Waals surface area contributed by atoms with Gasteiger partial charge in [0.1, 0.15) is 0 Å². The Labute approximate surface area is 174 Å². The molecule has 0 unspecified atom stereocenters. The molecule has 0 amide bonds. The molecule has 0 saturated heterocycles. The van der Waals surface area contributed by atoms with Crippen LogP contribution in [0.1, 0.15) is 50.5 Å². The molecule has 140 valence electrons. The summed E-state index contributed by atoms with van der Waals surface area (Å²) in [5.74, 6) is 0. The molecule has 0 aliphatic rings. The van der Waals surface area contributed by atoms with Crippen LogP contribution in [0, 0.1) is 27.7 Å². The van der Waals surface area contributed by atoms with Crippen molar-refractivity contribution in [1.82, 2.24) is 9.97 Å². The second-order valence-corrected chi connectivity index (χ2v) is 5.17. The Morgan fingerprint density at radius 3 is 1.04 bits per heavy atom. The minimum absolute atomic E-state index is 0.